The Bertz CT molecular complexity index is 796. The van der Waals surface area contributed by atoms with Gasteiger partial charge in [-0.3, -0.25) is 9.69 Å². The van der Waals surface area contributed by atoms with Crippen LogP contribution in [0.25, 0.3) is 6.08 Å². The minimum Gasteiger partial charge on any atom is -0.508 e. The Morgan fingerprint density at radius 3 is 2.43 bits per heavy atom. The van der Waals surface area contributed by atoms with Gasteiger partial charge in [0.2, 0.25) is 0 Å². The zero-order valence-corrected chi connectivity index (χ0v) is 13.7. The third-order valence-electron chi connectivity index (χ3n) is 3.24. The molecular weight excluding hydrogens is 326 g/mol. The molecule has 2 aromatic carbocycles. The van der Waals surface area contributed by atoms with Crippen molar-refractivity contribution in [2.24, 2.45) is 0 Å². The van der Waals surface area contributed by atoms with Crippen LogP contribution in [0.15, 0.2) is 71.7 Å². The predicted molar refractivity (Wildman–Crippen MR) is 99.3 cm³/mol. The van der Waals surface area contributed by atoms with Gasteiger partial charge in [-0.1, -0.05) is 66.5 Å². The molecule has 0 radical (unpaired) electrons. The number of aromatic hydroxyl groups is 1. The van der Waals surface area contributed by atoms with E-state index in [1.807, 2.05) is 42.5 Å². The second kappa shape index (κ2) is 6.81. The summed E-state index contributed by atoms with van der Waals surface area (Å²) < 4.78 is 0.486. The first-order valence-electron chi connectivity index (χ1n) is 6.94. The summed E-state index contributed by atoms with van der Waals surface area (Å²) in [7, 11) is 0. The van der Waals surface area contributed by atoms with Crippen LogP contribution < -0.4 is 4.90 Å². The van der Waals surface area contributed by atoms with Gasteiger partial charge in [-0.05, 0) is 35.9 Å². The number of thiocarbonyl (C=S) groups is 1. The van der Waals surface area contributed by atoms with E-state index in [-0.39, 0.29) is 11.7 Å². The van der Waals surface area contributed by atoms with Crippen LogP contribution in [0.5, 0.6) is 5.75 Å². The first kappa shape index (κ1) is 15.5. The van der Waals surface area contributed by atoms with E-state index < -0.39 is 0 Å². The summed E-state index contributed by atoms with van der Waals surface area (Å²) in [5.41, 5.74) is 1.72. The number of carbonyl (C=O) groups excluding carboxylic acids is 1. The number of hydrogen-bond acceptors (Lipinski definition) is 4. The van der Waals surface area contributed by atoms with Crippen LogP contribution in [0.2, 0.25) is 0 Å². The molecule has 0 spiro atoms. The van der Waals surface area contributed by atoms with Crippen LogP contribution in [0.3, 0.4) is 0 Å². The maximum absolute atomic E-state index is 12.5. The summed E-state index contributed by atoms with van der Waals surface area (Å²) in [6.45, 7) is 0. The summed E-state index contributed by atoms with van der Waals surface area (Å²) in [5.74, 6) is 0.00364. The molecule has 0 atom stereocenters. The minimum absolute atomic E-state index is 0.150. The molecule has 1 amide bonds. The van der Waals surface area contributed by atoms with Crippen LogP contribution in [0, 0.1) is 0 Å². The van der Waals surface area contributed by atoms with E-state index in [4.69, 9.17) is 12.2 Å². The lowest BCUT2D eigenvalue weighted by molar-refractivity contribution is -0.113. The fourth-order valence-corrected chi connectivity index (χ4v) is 3.37. The van der Waals surface area contributed by atoms with E-state index in [2.05, 4.69) is 0 Å². The number of thioether (sulfide) groups is 1. The molecule has 1 saturated heterocycles. The summed E-state index contributed by atoms with van der Waals surface area (Å²) in [4.78, 5) is 14.5. The molecule has 1 fully saturated rings. The Morgan fingerprint density at radius 2 is 1.74 bits per heavy atom. The predicted octanol–water partition coefficient (Wildman–Crippen LogP) is 4.35. The van der Waals surface area contributed by atoms with Crippen molar-refractivity contribution in [1.82, 2.24) is 0 Å². The lowest BCUT2D eigenvalue weighted by Crippen LogP contribution is -2.27. The summed E-state index contributed by atoms with van der Waals surface area (Å²) in [6, 6.07) is 16.3. The Balaban J connectivity index is 1.79. The Hall–Kier alpha value is -2.37. The van der Waals surface area contributed by atoms with Crippen molar-refractivity contribution < 1.29 is 9.90 Å². The van der Waals surface area contributed by atoms with Gasteiger partial charge in [0.1, 0.15) is 5.75 Å². The van der Waals surface area contributed by atoms with Crippen LogP contribution in [0.4, 0.5) is 5.69 Å². The van der Waals surface area contributed by atoms with Crippen molar-refractivity contribution in [1.29, 1.82) is 0 Å². The van der Waals surface area contributed by atoms with E-state index in [9.17, 15) is 9.90 Å². The standard InChI is InChI=1S/C18H13NO2S2/c20-15-11-9-14(10-12-15)19-17(21)16(23-18(19)22)8-4-7-13-5-2-1-3-6-13/h1-12,20H/b7-4+,16-8-. The normalized spacial score (nSPS) is 16.7. The molecule has 114 valence electrons. The average Bonchev–Trinajstić information content (AvgIpc) is 2.84. The van der Waals surface area contributed by atoms with Crippen molar-refractivity contribution in [2.75, 3.05) is 4.90 Å². The van der Waals surface area contributed by atoms with E-state index in [1.165, 1.54) is 28.8 Å². The van der Waals surface area contributed by atoms with Crippen molar-refractivity contribution in [3.8, 4) is 5.75 Å². The van der Waals surface area contributed by atoms with Crippen molar-refractivity contribution in [3.63, 3.8) is 0 Å². The highest BCUT2D eigenvalue weighted by Gasteiger charge is 2.32. The second-order valence-electron chi connectivity index (χ2n) is 4.83. The van der Waals surface area contributed by atoms with Crippen LogP contribution in [-0.2, 0) is 4.79 Å². The number of nitrogens with zero attached hydrogens (tertiary/aromatic N) is 1. The number of allylic oxidation sites excluding steroid dienone is 2. The van der Waals surface area contributed by atoms with Crippen molar-refractivity contribution >= 4 is 46.0 Å². The quantitative estimate of drug-likeness (QED) is 0.666. The maximum Gasteiger partial charge on any atom is 0.270 e. The van der Waals surface area contributed by atoms with Crippen molar-refractivity contribution in [2.45, 2.75) is 0 Å². The van der Waals surface area contributed by atoms with Gasteiger partial charge in [-0.25, -0.2) is 0 Å². The first-order valence-corrected chi connectivity index (χ1v) is 8.16. The number of anilines is 1. The molecule has 3 nitrogen and oxygen atoms in total. The molecule has 0 aromatic heterocycles. The van der Waals surface area contributed by atoms with E-state index >= 15 is 0 Å². The lowest BCUT2D eigenvalue weighted by Gasteiger charge is -2.14. The van der Waals surface area contributed by atoms with E-state index in [0.717, 1.165) is 5.56 Å². The highest BCUT2D eigenvalue weighted by atomic mass is 32.2. The fraction of sp³-hybridized carbons (Fsp3) is 0. The Kier molecular flexibility index (Phi) is 4.60. The minimum atomic E-state index is -0.150. The monoisotopic (exact) mass is 339 g/mol. The highest BCUT2D eigenvalue weighted by molar-refractivity contribution is 8.27. The first-order chi connectivity index (χ1) is 11.1. The molecule has 1 heterocycles. The van der Waals surface area contributed by atoms with E-state index in [0.29, 0.717) is 14.9 Å². The largest absolute Gasteiger partial charge is 0.508 e. The number of hydrogen-bond donors (Lipinski definition) is 1. The maximum atomic E-state index is 12.5. The topological polar surface area (TPSA) is 40.5 Å². The number of carbonyl (C=O) groups is 1. The molecule has 2 aromatic rings. The molecule has 1 N–H and O–H groups in total. The molecule has 3 rings (SSSR count). The zero-order valence-electron chi connectivity index (χ0n) is 12.0. The van der Waals surface area contributed by atoms with Gasteiger partial charge in [0.05, 0.1) is 10.6 Å². The Labute approximate surface area is 143 Å². The highest BCUT2D eigenvalue weighted by Crippen LogP contribution is 2.35. The summed E-state index contributed by atoms with van der Waals surface area (Å²) in [5, 5.41) is 9.35. The van der Waals surface area contributed by atoms with Crippen LogP contribution in [-0.4, -0.2) is 15.3 Å². The number of rotatable bonds is 3. The third-order valence-corrected chi connectivity index (χ3v) is 4.56. The van der Waals surface area contributed by atoms with Gasteiger partial charge >= 0.3 is 0 Å². The lowest BCUT2D eigenvalue weighted by atomic mass is 10.2. The molecule has 1 aliphatic rings. The number of phenols is 1. The smallest absolute Gasteiger partial charge is 0.270 e. The number of amides is 1. The third kappa shape index (κ3) is 3.52. The van der Waals surface area contributed by atoms with E-state index in [1.54, 1.807) is 18.2 Å². The molecule has 5 heteroatoms. The fourth-order valence-electron chi connectivity index (χ4n) is 2.12. The van der Waals surface area contributed by atoms with Gasteiger partial charge in [0.25, 0.3) is 5.91 Å². The SMILES string of the molecule is O=C1/C(=C/C=C/c2ccccc2)SC(=S)N1c1ccc(O)cc1. The van der Waals surface area contributed by atoms with Gasteiger partial charge in [-0.15, -0.1) is 0 Å². The van der Waals surface area contributed by atoms with Gasteiger partial charge in [0, 0.05) is 0 Å². The zero-order chi connectivity index (χ0) is 16.2. The number of phenolic OH excluding ortho intramolecular Hbond substituents is 1. The average molecular weight is 339 g/mol. The molecule has 0 aliphatic carbocycles. The van der Waals surface area contributed by atoms with Gasteiger partial charge in [0.15, 0.2) is 4.32 Å². The number of benzene rings is 2. The van der Waals surface area contributed by atoms with Gasteiger partial charge in [-0.2, -0.15) is 0 Å². The van der Waals surface area contributed by atoms with Gasteiger partial charge < -0.3 is 5.11 Å². The molecule has 0 saturated carbocycles. The molecule has 23 heavy (non-hydrogen) atoms. The van der Waals surface area contributed by atoms with Crippen LogP contribution in [0.1, 0.15) is 5.56 Å². The molecule has 1 aliphatic heterocycles. The second-order valence-corrected chi connectivity index (χ2v) is 6.50. The van der Waals surface area contributed by atoms with Crippen LogP contribution >= 0.6 is 24.0 Å². The molecular formula is C18H13NO2S2. The Morgan fingerprint density at radius 1 is 1.04 bits per heavy atom. The molecule has 0 bridgehead atoms. The van der Waals surface area contributed by atoms with Crippen molar-refractivity contribution in [3.05, 3.63) is 77.2 Å². The molecule has 0 unspecified atom stereocenters. The summed E-state index contributed by atoms with van der Waals surface area (Å²) >= 11 is 6.57. The summed E-state index contributed by atoms with van der Waals surface area (Å²) in [6.07, 6.45) is 5.55.